The van der Waals surface area contributed by atoms with Crippen LogP contribution in [0.4, 0.5) is 5.69 Å². The predicted molar refractivity (Wildman–Crippen MR) is 105 cm³/mol. The second-order valence-electron chi connectivity index (χ2n) is 6.10. The van der Waals surface area contributed by atoms with Crippen molar-refractivity contribution in [1.29, 1.82) is 0 Å². The molecule has 9 heteroatoms. The van der Waals surface area contributed by atoms with Crippen LogP contribution in [0.15, 0.2) is 60.8 Å². The molecule has 0 unspecified atom stereocenters. The number of hydrogen-bond donors (Lipinski definition) is 1. The summed E-state index contributed by atoms with van der Waals surface area (Å²) >= 11 is 6.09. The van der Waals surface area contributed by atoms with E-state index in [4.69, 9.17) is 11.6 Å². The topological polar surface area (TPSA) is 90.5 Å². The van der Waals surface area contributed by atoms with E-state index in [0.717, 1.165) is 11.1 Å². The zero-order valence-corrected chi connectivity index (χ0v) is 15.7. The van der Waals surface area contributed by atoms with Crippen LogP contribution in [-0.2, 0) is 6.67 Å². The van der Waals surface area contributed by atoms with E-state index in [-0.39, 0.29) is 18.3 Å². The fourth-order valence-electron chi connectivity index (χ4n) is 2.63. The van der Waals surface area contributed by atoms with Gasteiger partial charge in [-0.25, -0.2) is 4.68 Å². The summed E-state index contributed by atoms with van der Waals surface area (Å²) in [5.41, 5.74) is 2.61. The highest BCUT2D eigenvalue weighted by Gasteiger charge is 2.13. The first-order valence-electron chi connectivity index (χ1n) is 8.53. The maximum Gasteiger partial charge on any atom is 0.276 e. The van der Waals surface area contributed by atoms with Gasteiger partial charge >= 0.3 is 0 Å². The van der Waals surface area contributed by atoms with Gasteiger partial charge in [0.2, 0.25) is 5.82 Å². The van der Waals surface area contributed by atoms with Crippen LogP contribution >= 0.6 is 11.6 Å². The smallest absolute Gasteiger partial charge is 0.276 e. The number of tetrazole rings is 1. The number of nitrogens with zero attached hydrogens (tertiary/aromatic N) is 6. The molecule has 1 amide bonds. The number of anilines is 1. The summed E-state index contributed by atoms with van der Waals surface area (Å²) in [5.74, 6) is 0.211. The number of amides is 1. The van der Waals surface area contributed by atoms with Gasteiger partial charge in [0.1, 0.15) is 0 Å². The molecule has 1 N–H and O–H groups in total. The van der Waals surface area contributed by atoms with Gasteiger partial charge in [-0.3, -0.25) is 4.79 Å². The third-order valence-electron chi connectivity index (χ3n) is 4.15. The number of hydrogen-bond acceptors (Lipinski definition) is 5. The van der Waals surface area contributed by atoms with Crippen molar-refractivity contribution < 1.29 is 4.79 Å². The molecule has 0 bridgehead atoms. The van der Waals surface area contributed by atoms with Crippen molar-refractivity contribution in [1.82, 2.24) is 30.0 Å². The highest BCUT2D eigenvalue weighted by molar-refractivity contribution is 6.31. The Morgan fingerprint density at radius 2 is 1.89 bits per heavy atom. The van der Waals surface area contributed by atoms with E-state index >= 15 is 0 Å². The number of nitrogens with one attached hydrogen (secondary N) is 1. The summed E-state index contributed by atoms with van der Waals surface area (Å²) < 4.78 is 1.57. The van der Waals surface area contributed by atoms with Crippen LogP contribution in [-0.4, -0.2) is 35.9 Å². The summed E-state index contributed by atoms with van der Waals surface area (Å²) in [6.45, 7) is 2.08. The molecule has 0 aliphatic carbocycles. The molecule has 0 aliphatic heterocycles. The second-order valence-corrected chi connectivity index (χ2v) is 6.51. The van der Waals surface area contributed by atoms with Crippen molar-refractivity contribution in [3.8, 4) is 11.4 Å². The van der Waals surface area contributed by atoms with Gasteiger partial charge in [0.05, 0.1) is 0 Å². The third kappa shape index (κ3) is 3.77. The minimum Gasteiger partial charge on any atom is -0.320 e. The van der Waals surface area contributed by atoms with Crippen molar-refractivity contribution >= 4 is 23.2 Å². The molecule has 4 rings (SSSR count). The van der Waals surface area contributed by atoms with Crippen molar-refractivity contribution in [2.45, 2.75) is 13.6 Å². The quantitative estimate of drug-likeness (QED) is 0.562. The molecule has 2 aromatic carbocycles. The fourth-order valence-corrected chi connectivity index (χ4v) is 2.80. The average molecular weight is 394 g/mol. The SMILES string of the molecule is Cc1c(Cl)cccc1NC(=O)c1ccn(Cn2nnc(-c3ccccc3)n2)n1. The van der Waals surface area contributed by atoms with E-state index in [2.05, 4.69) is 25.8 Å². The Morgan fingerprint density at radius 3 is 2.71 bits per heavy atom. The van der Waals surface area contributed by atoms with Gasteiger partial charge in [-0.05, 0) is 35.9 Å². The minimum absolute atomic E-state index is 0.239. The zero-order chi connectivity index (χ0) is 19.5. The second kappa shape index (κ2) is 7.61. The van der Waals surface area contributed by atoms with Crippen LogP contribution in [0.5, 0.6) is 0 Å². The van der Waals surface area contributed by atoms with E-state index in [1.54, 1.807) is 35.1 Å². The lowest BCUT2D eigenvalue weighted by molar-refractivity contribution is 0.102. The maximum atomic E-state index is 12.5. The molecule has 0 aliphatic rings. The highest BCUT2D eigenvalue weighted by Crippen LogP contribution is 2.23. The van der Waals surface area contributed by atoms with Gasteiger partial charge in [-0.2, -0.15) is 5.10 Å². The first kappa shape index (κ1) is 17.9. The van der Waals surface area contributed by atoms with Crippen LogP contribution in [0.2, 0.25) is 5.02 Å². The Kier molecular flexibility index (Phi) is 4.86. The van der Waals surface area contributed by atoms with Gasteiger partial charge in [0, 0.05) is 22.5 Å². The zero-order valence-electron chi connectivity index (χ0n) is 15.0. The summed E-state index contributed by atoms with van der Waals surface area (Å²) in [7, 11) is 0. The van der Waals surface area contributed by atoms with Gasteiger partial charge in [-0.1, -0.05) is 48.0 Å². The summed E-state index contributed by atoms with van der Waals surface area (Å²) in [5, 5.41) is 20.1. The standard InChI is InChI=1S/C19H16ClN7O/c1-13-15(20)8-5-9-16(13)21-19(28)17-10-11-26(23-17)12-27-24-18(22-25-27)14-6-3-2-4-7-14/h2-11H,12H2,1H3,(H,21,28). The number of benzene rings is 2. The molecule has 0 fully saturated rings. The van der Waals surface area contributed by atoms with E-state index in [0.29, 0.717) is 16.5 Å². The van der Waals surface area contributed by atoms with Crippen LogP contribution in [0.25, 0.3) is 11.4 Å². The van der Waals surface area contributed by atoms with E-state index in [1.165, 1.54) is 4.80 Å². The summed E-state index contributed by atoms with van der Waals surface area (Å²) in [6, 6.07) is 16.6. The normalized spacial score (nSPS) is 10.8. The number of aromatic nitrogens is 6. The number of halogens is 1. The molecule has 0 spiro atoms. The Labute approximate surface area is 165 Å². The molecule has 4 aromatic rings. The summed E-state index contributed by atoms with van der Waals surface area (Å²) in [4.78, 5) is 13.9. The number of carbonyl (C=O) groups is 1. The molecule has 2 aromatic heterocycles. The van der Waals surface area contributed by atoms with Crippen LogP contribution in [0, 0.1) is 6.92 Å². The molecule has 140 valence electrons. The Balaban J connectivity index is 1.45. The van der Waals surface area contributed by atoms with Crippen molar-refractivity contribution in [3.05, 3.63) is 77.1 Å². The van der Waals surface area contributed by atoms with Crippen molar-refractivity contribution in [3.63, 3.8) is 0 Å². The minimum atomic E-state index is -0.319. The largest absolute Gasteiger partial charge is 0.320 e. The van der Waals surface area contributed by atoms with Gasteiger partial charge in [0.25, 0.3) is 5.91 Å². The van der Waals surface area contributed by atoms with Crippen molar-refractivity contribution in [2.75, 3.05) is 5.32 Å². The molecule has 0 atom stereocenters. The van der Waals surface area contributed by atoms with Crippen LogP contribution < -0.4 is 5.32 Å². The number of carbonyl (C=O) groups excluding carboxylic acids is 1. The molecular weight excluding hydrogens is 378 g/mol. The Morgan fingerprint density at radius 1 is 1.07 bits per heavy atom. The first-order valence-corrected chi connectivity index (χ1v) is 8.91. The van der Waals surface area contributed by atoms with Crippen LogP contribution in [0.3, 0.4) is 0 Å². The highest BCUT2D eigenvalue weighted by atomic mass is 35.5. The molecule has 0 saturated carbocycles. The van der Waals surface area contributed by atoms with E-state index < -0.39 is 0 Å². The average Bonchev–Trinajstić information content (AvgIpc) is 3.36. The fraction of sp³-hybridized carbons (Fsp3) is 0.105. The summed E-state index contributed by atoms with van der Waals surface area (Å²) in [6.07, 6.45) is 1.69. The monoisotopic (exact) mass is 393 g/mol. The molecule has 8 nitrogen and oxygen atoms in total. The Hall–Kier alpha value is -3.52. The lowest BCUT2D eigenvalue weighted by atomic mass is 10.2. The molecular formula is C19H16ClN7O. The van der Waals surface area contributed by atoms with Gasteiger partial charge in [-0.15, -0.1) is 15.0 Å². The molecule has 0 saturated heterocycles. The van der Waals surface area contributed by atoms with Gasteiger partial charge in [0.15, 0.2) is 12.4 Å². The molecule has 28 heavy (non-hydrogen) atoms. The number of rotatable bonds is 5. The van der Waals surface area contributed by atoms with Crippen LogP contribution in [0.1, 0.15) is 16.1 Å². The van der Waals surface area contributed by atoms with Gasteiger partial charge < -0.3 is 5.32 Å². The van der Waals surface area contributed by atoms with Crippen molar-refractivity contribution in [2.24, 2.45) is 0 Å². The predicted octanol–water partition coefficient (Wildman–Crippen LogP) is 3.26. The van der Waals surface area contributed by atoms with E-state index in [9.17, 15) is 4.79 Å². The molecule has 2 heterocycles. The first-order chi connectivity index (χ1) is 13.6. The van der Waals surface area contributed by atoms with E-state index in [1.807, 2.05) is 37.3 Å². The lowest BCUT2D eigenvalue weighted by Crippen LogP contribution is -2.16. The Bertz CT molecular complexity index is 1120. The third-order valence-corrected chi connectivity index (χ3v) is 4.55. The lowest BCUT2D eigenvalue weighted by Gasteiger charge is -2.08. The maximum absolute atomic E-state index is 12.5. The molecule has 0 radical (unpaired) electrons.